The second-order valence-corrected chi connectivity index (χ2v) is 7.53. The van der Waals surface area contributed by atoms with Crippen molar-refractivity contribution in [2.45, 2.75) is 38.6 Å². The number of rotatable bonds is 6. The van der Waals surface area contributed by atoms with Crippen molar-refractivity contribution in [3.63, 3.8) is 0 Å². The Morgan fingerprint density at radius 1 is 1.07 bits per heavy atom. The van der Waals surface area contributed by atoms with E-state index in [9.17, 15) is 0 Å². The molecule has 1 atom stereocenters. The molecule has 1 aromatic heterocycles. The first-order valence-electron chi connectivity index (χ1n) is 9.85. The fourth-order valence-electron chi connectivity index (χ4n) is 4.33. The Hall–Kier alpha value is -2.46. The monoisotopic (exact) mass is 365 g/mol. The SMILES string of the molecule is COc1ccc(CC[NH2+]C2CCCc3c2[nH]c2ccc(C)cc32)cc1OC. The fourth-order valence-corrected chi connectivity index (χ4v) is 4.33. The van der Waals surface area contributed by atoms with Crippen LogP contribution in [0.3, 0.4) is 0 Å². The maximum absolute atomic E-state index is 5.42. The van der Waals surface area contributed by atoms with Crippen LogP contribution in [0.15, 0.2) is 36.4 Å². The van der Waals surface area contributed by atoms with Crippen molar-refractivity contribution in [2.75, 3.05) is 20.8 Å². The van der Waals surface area contributed by atoms with Crippen LogP contribution < -0.4 is 14.8 Å². The number of benzene rings is 2. The van der Waals surface area contributed by atoms with Crippen LogP contribution in [0, 0.1) is 6.92 Å². The molecule has 27 heavy (non-hydrogen) atoms. The number of hydrogen-bond acceptors (Lipinski definition) is 2. The molecule has 2 aromatic carbocycles. The third-order valence-electron chi connectivity index (χ3n) is 5.74. The van der Waals surface area contributed by atoms with Gasteiger partial charge in [0.2, 0.25) is 0 Å². The first-order valence-corrected chi connectivity index (χ1v) is 9.85. The zero-order chi connectivity index (χ0) is 18.8. The Labute approximate surface area is 160 Å². The average Bonchev–Trinajstić information content (AvgIpc) is 3.06. The molecular formula is C23H29N2O2+. The molecule has 1 unspecified atom stereocenters. The molecule has 142 valence electrons. The highest BCUT2D eigenvalue weighted by Gasteiger charge is 2.26. The molecule has 3 aromatic rings. The number of quaternary nitrogens is 1. The first kappa shape index (κ1) is 17.9. The van der Waals surface area contributed by atoms with Gasteiger partial charge in [0.05, 0.1) is 26.5 Å². The molecule has 0 aliphatic heterocycles. The average molecular weight is 365 g/mol. The molecule has 0 spiro atoms. The first-order chi connectivity index (χ1) is 13.2. The number of aryl methyl sites for hydroxylation is 2. The second-order valence-electron chi connectivity index (χ2n) is 7.53. The molecule has 0 amide bonds. The number of fused-ring (bicyclic) bond motifs is 3. The van der Waals surface area contributed by atoms with Gasteiger partial charge in [-0.15, -0.1) is 0 Å². The van der Waals surface area contributed by atoms with Crippen LogP contribution in [-0.4, -0.2) is 25.7 Å². The number of nitrogens with one attached hydrogen (secondary N) is 1. The van der Waals surface area contributed by atoms with Gasteiger partial charge in [-0.1, -0.05) is 17.7 Å². The van der Waals surface area contributed by atoms with Gasteiger partial charge in [-0.25, -0.2) is 0 Å². The van der Waals surface area contributed by atoms with E-state index in [2.05, 4.69) is 47.6 Å². The molecule has 0 radical (unpaired) electrons. The number of ether oxygens (including phenoxy) is 2. The van der Waals surface area contributed by atoms with Crippen LogP contribution >= 0.6 is 0 Å². The summed E-state index contributed by atoms with van der Waals surface area (Å²) in [4.78, 5) is 3.71. The van der Waals surface area contributed by atoms with Crippen molar-refractivity contribution in [2.24, 2.45) is 0 Å². The van der Waals surface area contributed by atoms with E-state index in [1.807, 2.05) is 6.07 Å². The quantitative estimate of drug-likeness (QED) is 0.700. The summed E-state index contributed by atoms with van der Waals surface area (Å²) in [5, 5.41) is 3.92. The normalized spacial score (nSPS) is 16.3. The van der Waals surface area contributed by atoms with E-state index in [0.717, 1.165) is 24.5 Å². The lowest BCUT2D eigenvalue weighted by molar-refractivity contribution is -0.697. The standard InChI is InChI=1S/C23H28N2O2/c1-15-7-9-19-18(13-15)17-5-4-6-20(23(17)25-19)24-12-11-16-8-10-21(26-2)22(14-16)27-3/h7-10,13-14,20,24-25H,4-6,11-12H2,1-3H3/p+1. The zero-order valence-electron chi connectivity index (χ0n) is 16.5. The largest absolute Gasteiger partial charge is 0.493 e. The van der Waals surface area contributed by atoms with Crippen molar-refractivity contribution < 1.29 is 14.8 Å². The number of nitrogens with two attached hydrogens (primary N) is 1. The molecule has 4 nitrogen and oxygen atoms in total. The summed E-state index contributed by atoms with van der Waals surface area (Å²) in [5.41, 5.74) is 6.88. The van der Waals surface area contributed by atoms with Gasteiger partial charge in [-0.05, 0) is 55.2 Å². The number of H-pyrrole nitrogens is 1. The lowest BCUT2D eigenvalue weighted by atomic mass is 9.91. The summed E-state index contributed by atoms with van der Waals surface area (Å²) in [6.07, 6.45) is 4.72. The van der Waals surface area contributed by atoms with Crippen molar-refractivity contribution in [3.8, 4) is 11.5 Å². The number of methoxy groups -OCH3 is 2. The third-order valence-corrected chi connectivity index (χ3v) is 5.74. The lowest BCUT2D eigenvalue weighted by Gasteiger charge is -2.21. The third kappa shape index (κ3) is 3.54. The van der Waals surface area contributed by atoms with Gasteiger partial charge in [-0.2, -0.15) is 0 Å². The molecule has 3 N–H and O–H groups in total. The van der Waals surface area contributed by atoms with Crippen molar-refractivity contribution in [1.29, 1.82) is 0 Å². The number of hydrogen-bond donors (Lipinski definition) is 2. The van der Waals surface area contributed by atoms with Gasteiger partial charge >= 0.3 is 0 Å². The van der Waals surface area contributed by atoms with Crippen molar-refractivity contribution in [3.05, 3.63) is 58.8 Å². The maximum Gasteiger partial charge on any atom is 0.160 e. The fraction of sp³-hybridized carbons (Fsp3) is 0.391. The minimum absolute atomic E-state index is 0.529. The molecule has 4 rings (SSSR count). The van der Waals surface area contributed by atoms with Crippen LogP contribution in [0.1, 0.15) is 41.3 Å². The minimum atomic E-state index is 0.529. The molecule has 0 saturated carbocycles. The maximum atomic E-state index is 5.42. The summed E-state index contributed by atoms with van der Waals surface area (Å²) >= 11 is 0. The Morgan fingerprint density at radius 3 is 2.74 bits per heavy atom. The molecule has 4 heteroatoms. The second kappa shape index (κ2) is 7.65. The van der Waals surface area contributed by atoms with E-state index in [0.29, 0.717) is 6.04 Å². The predicted molar refractivity (Wildman–Crippen MR) is 109 cm³/mol. The van der Waals surface area contributed by atoms with Gasteiger partial charge in [0.25, 0.3) is 0 Å². The van der Waals surface area contributed by atoms with Gasteiger partial charge in [0.15, 0.2) is 11.5 Å². The van der Waals surface area contributed by atoms with E-state index in [-0.39, 0.29) is 0 Å². The zero-order valence-corrected chi connectivity index (χ0v) is 16.5. The van der Waals surface area contributed by atoms with Gasteiger partial charge in [0.1, 0.15) is 6.04 Å². The smallest absolute Gasteiger partial charge is 0.160 e. The van der Waals surface area contributed by atoms with E-state index in [1.165, 1.54) is 52.5 Å². The summed E-state index contributed by atoms with van der Waals surface area (Å²) in [6, 6.07) is 13.5. The Balaban J connectivity index is 1.47. The van der Waals surface area contributed by atoms with Crippen molar-refractivity contribution >= 4 is 10.9 Å². The minimum Gasteiger partial charge on any atom is -0.493 e. The Morgan fingerprint density at radius 2 is 1.93 bits per heavy atom. The van der Waals surface area contributed by atoms with Gasteiger partial charge in [0, 0.05) is 23.7 Å². The summed E-state index contributed by atoms with van der Waals surface area (Å²) in [5.74, 6) is 1.59. The van der Waals surface area contributed by atoms with Crippen LogP contribution in [0.5, 0.6) is 11.5 Å². The number of aromatic amines is 1. The predicted octanol–water partition coefficient (Wildman–Crippen LogP) is 3.68. The van der Waals surface area contributed by atoms with E-state index in [4.69, 9.17) is 9.47 Å². The summed E-state index contributed by atoms with van der Waals surface area (Å²) < 4.78 is 10.8. The highest BCUT2D eigenvalue weighted by Crippen LogP contribution is 2.33. The van der Waals surface area contributed by atoms with E-state index < -0.39 is 0 Å². The summed E-state index contributed by atoms with van der Waals surface area (Å²) in [7, 11) is 3.36. The van der Waals surface area contributed by atoms with Gasteiger partial charge < -0.3 is 19.8 Å². The topological polar surface area (TPSA) is 50.9 Å². The van der Waals surface area contributed by atoms with Crippen LogP contribution in [0.25, 0.3) is 10.9 Å². The highest BCUT2D eigenvalue weighted by molar-refractivity contribution is 5.85. The lowest BCUT2D eigenvalue weighted by Crippen LogP contribution is -2.86. The highest BCUT2D eigenvalue weighted by atomic mass is 16.5. The van der Waals surface area contributed by atoms with E-state index in [1.54, 1.807) is 14.2 Å². The summed E-state index contributed by atoms with van der Waals surface area (Å²) in [6.45, 7) is 3.24. The van der Waals surface area contributed by atoms with Crippen molar-refractivity contribution in [1.82, 2.24) is 4.98 Å². The molecule has 1 heterocycles. The molecule has 0 bridgehead atoms. The Bertz CT molecular complexity index is 945. The molecule has 0 fully saturated rings. The van der Waals surface area contributed by atoms with Crippen LogP contribution in [-0.2, 0) is 12.8 Å². The molecule has 0 saturated heterocycles. The molecule has 1 aliphatic carbocycles. The Kier molecular flexibility index (Phi) is 5.08. The molecule has 1 aliphatic rings. The van der Waals surface area contributed by atoms with E-state index >= 15 is 0 Å². The van der Waals surface area contributed by atoms with Crippen LogP contribution in [0.2, 0.25) is 0 Å². The van der Waals surface area contributed by atoms with Crippen LogP contribution in [0.4, 0.5) is 0 Å². The number of aromatic nitrogens is 1. The molecular weight excluding hydrogens is 336 g/mol. The van der Waals surface area contributed by atoms with Gasteiger partial charge in [-0.3, -0.25) is 0 Å².